The summed E-state index contributed by atoms with van der Waals surface area (Å²) < 4.78 is 5.18. The van der Waals surface area contributed by atoms with Crippen molar-refractivity contribution in [2.45, 2.75) is 13.3 Å². The van der Waals surface area contributed by atoms with E-state index in [9.17, 15) is 4.79 Å². The molecule has 1 amide bonds. The molecule has 3 heteroatoms. The van der Waals surface area contributed by atoms with Gasteiger partial charge in [0, 0.05) is 24.9 Å². The third-order valence-corrected chi connectivity index (χ3v) is 3.07. The molecule has 0 aromatic heterocycles. The molecule has 1 unspecified atom stereocenters. The minimum Gasteiger partial charge on any atom is -0.497 e. The van der Waals surface area contributed by atoms with Crippen LogP contribution in [0.5, 0.6) is 5.75 Å². The molecular formula is C14H15NO2. The summed E-state index contributed by atoms with van der Waals surface area (Å²) in [6, 6.07) is 5.72. The van der Waals surface area contributed by atoms with Crippen molar-refractivity contribution in [1.82, 2.24) is 0 Å². The maximum atomic E-state index is 11.9. The number of amides is 1. The van der Waals surface area contributed by atoms with E-state index in [1.165, 1.54) is 0 Å². The van der Waals surface area contributed by atoms with Crippen LogP contribution in [0.1, 0.15) is 12.0 Å². The normalized spacial score (nSPS) is 19.2. The van der Waals surface area contributed by atoms with Crippen molar-refractivity contribution in [2.24, 2.45) is 5.92 Å². The van der Waals surface area contributed by atoms with E-state index in [2.05, 4.69) is 5.92 Å². The molecule has 3 nitrogen and oxygen atoms in total. The predicted molar refractivity (Wildman–Crippen MR) is 67.0 cm³/mol. The molecule has 1 atom stereocenters. The Balaban J connectivity index is 2.34. The van der Waals surface area contributed by atoms with Crippen molar-refractivity contribution in [1.29, 1.82) is 0 Å². The molecule has 0 saturated carbocycles. The molecule has 17 heavy (non-hydrogen) atoms. The van der Waals surface area contributed by atoms with Gasteiger partial charge < -0.3 is 9.64 Å². The number of hydrogen-bond acceptors (Lipinski definition) is 2. The Bertz CT molecular complexity index is 487. The van der Waals surface area contributed by atoms with Gasteiger partial charge in [-0.1, -0.05) is 6.07 Å². The van der Waals surface area contributed by atoms with E-state index in [1.54, 1.807) is 12.0 Å². The highest BCUT2D eigenvalue weighted by molar-refractivity contribution is 5.97. The van der Waals surface area contributed by atoms with Gasteiger partial charge in [0.05, 0.1) is 12.8 Å². The number of terminal acetylenes is 1. The number of carbonyl (C=O) groups excluding carboxylic acids is 1. The Kier molecular flexibility index (Phi) is 3.06. The Morgan fingerprint density at radius 2 is 2.29 bits per heavy atom. The molecule has 1 heterocycles. The van der Waals surface area contributed by atoms with E-state index in [0.717, 1.165) is 17.0 Å². The number of methoxy groups -OCH3 is 1. The van der Waals surface area contributed by atoms with Crippen LogP contribution >= 0.6 is 0 Å². The van der Waals surface area contributed by atoms with Crippen LogP contribution in [0.15, 0.2) is 18.2 Å². The molecule has 0 bridgehead atoms. The van der Waals surface area contributed by atoms with Crippen molar-refractivity contribution in [3.63, 3.8) is 0 Å². The summed E-state index contributed by atoms with van der Waals surface area (Å²) in [5.41, 5.74) is 1.95. The lowest BCUT2D eigenvalue weighted by Crippen LogP contribution is -2.25. The molecule has 2 rings (SSSR count). The number of carbonyl (C=O) groups is 1. The molecule has 1 aliphatic heterocycles. The smallest absolute Gasteiger partial charge is 0.228 e. The Morgan fingerprint density at radius 3 is 2.88 bits per heavy atom. The van der Waals surface area contributed by atoms with E-state index < -0.39 is 0 Å². The zero-order valence-electron chi connectivity index (χ0n) is 10.1. The molecule has 1 saturated heterocycles. The number of aryl methyl sites for hydroxylation is 1. The number of hydrogen-bond donors (Lipinski definition) is 0. The van der Waals surface area contributed by atoms with Gasteiger partial charge in [-0.25, -0.2) is 0 Å². The average molecular weight is 229 g/mol. The first-order valence-corrected chi connectivity index (χ1v) is 5.57. The fourth-order valence-corrected chi connectivity index (χ4v) is 2.06. The van der Waals surface area contributed by atoms with Gasteiger partial charge in [0.15, 0.2) is 0 Å². The number of anilines is 1. The molecule has 88 valence electrons. The van der Waals surface area contributed by atoms with Crippen LogP contribution in [0.4, 0.5) is 5.69 Å². The largest absolute Gasteiger partial charge is 0.497 e. The third kappa shape index (κ3) is 2.12. The fraction of sp³-hybridized carbons (Fsp3) is 0.357. The van der Waals surface area contributed by atoms with E-state index in [1.807, 2.05) is 25.1 Å². The summed E-state index contributed by atoms with van der Waals surface area (Å²) in [5, 5.41) is 0. The lowest BCUT2D eigenvalue weighted by Gasteiger charge is -2.19. The van der Waals surface area contributed by atoms with E-state index >= 15 is 0 Å². The lowest BCUT2D eigenvalue weighted by atomic mass is 10.1. The predicted octanol–water partition coefficient (Wildman–Crippen LogP) is 1.99. The second kappa shape index (κ2) is 4.50. The first-order valence-electron chi connectivity index (χ1n) is 5.57. The average Bonchev–Trinajstić information content (AvgIpc) is 2.71. The number of rotatable bonds is 2. The van der Waals surface area contributed by atoms with E-state index in [4.69, 9.17) is 11.2 Å². The molecular weight excluding hydrogens is 214 g/mol. The van der Waals surface area contributed by atoms with Gasteiger partial charge in [0.1, 0.15) is 5.75 Å². The monoisotopic (exact) mass is 229 g/mol. The van der Waals surface area contributed by atoms with Crippen molar-refractivity contribution < 1.29 is 9.53 Å². The molecule has 1 aromatic rings. The maximum Gasteiger partial charge on any atom is 0.228 e. The number of benzene rings is 1. The molecule has 1 aromatic carbocycles. The summed E-state index contributed by atoms with van der Waals surface area (Å²) in [5.74, 6) is 3.51. The fourth-order valence-electron chi connectivity index (χ4n) is 2.06. The summed E-state index contributed by atoms with van der Waals surface area (Å²) in [4.78, 5) is 13.6. The second-order valence-electron chi connectivity index (χ2n) is 4.22. The SMILES string of the molecule is C#CC1CC(=O)N(c2cc(OC)ccc2C)C1. The van der Waals surface area contributed by atoms with E-state index in [-0.39, 0.29) is 11.8 Å². The van der Waals surface area contributed by atoms with Gasteiger partial charge in [0.25, 0.3) is 0 Å². The highest BCUT2D eigenvalue weighted by Gasteiger charge is 2.30. The first-order chi connectivity index (χ1) is 8.15. The number of nitrogens with zero attached hydrogens (tertiary/aromatic N) is 1. The van der Waals surface area contributed by atoms with Crippen LogP contribution in [0.2, 0.25) is 0 Å². The highest BCUT2D eigenvalue weighted by Crippen LogP contribution is 2.30. The summed E-state index contributed by atoms with van der Waals surface area (Å²) >= 11 is 0. The lowest BCUT2D eigenvalue weighted by molar-refractivity contribution is -0.117. The van der Waals surface area contributed by atoms with Gasteiger partial charge in [-0.3, -0.25) is 4.79 Å². The second-order valence-corrected chi connectivity index (χ2v) is 4.22. The van der Waals surface area contributed by atoms with Crippen molar-refractivity contribution in [3.8, 4) is 18.1 Å². The summed E-state index contributed by atoms with van der Waals surface area (Å²) in [6.07, 6.45) is 5.81. The van der Waals surface area contributed by atoms with Crippen LogP contribution in [0, 0.1) is 25.2 Å². The van der Waals surface area contributed by atoms with Gasteiger partial charge >= 0.3 is 0 Å². The summed E-state index contributed by atoms with van der Waals surface area (Å²) in [6.45, 7) is 2.58. The molecule has 0 spiro atoms. The van der Waals surface area contributed by atoms with Crippen LogP contribution in [-0.2, 0) is 4.79 Å². The van der Waals surface area contributed by atoms with Crippen LogP contribution in [0.3, 0.4) is 0 Å². The minimum atomic E-state index is 0.0214. The first kappa shape index (κ1) is 11.5. The van der Waals surface area contributed by atoms with Gasteiger partial charge in [-0.05, 0) is 18.6 Å². The van der Waals surface area contributed by atoms with Crippen LogP contribution in [-0.4, -0.2) is 19.6 Å². The van der Waals surface area contributed by atoms with Crippen molar-refractivity contribution in [3.05, 3.63) is 23.8 Å². The van der Waals surface area contributed by atoms with Gasteiger partial charge in [0.2, 0.25) is 5.91 Å². The molecule has 1 fully saturated rings. The van der Waals surface area contributed by atoms with Gasteiger partial charge in [-0.2, -0.15) is 0 Å². The topological polar surface area (TPSA) is 29.5 Å². The van der Waals surface area contributed by atoms with Gasteiger partial charge in [-0.15, -0.1) is 12.3 Å². The standard InChI is InChI=1S/C14H15NO2/c1-4-11-7-14(16)15(9-11)13-8-12(17-3)6-5-10(13)2/h1,5-6,8,11H,7,9H2,2-3H3. The van der Waals surface area contributed by atoms with E-state index in [0.29, 0.717) is 13.0 Å². The Morgan fingerprint density at radius 1 is 1.53 bits per heavy atom. The highest BCUT2D eigenvalue weighted by atomic mass is 16.5. The minimum absolute atomic E-state index is 0.0214. The Labute approximate surface area is 101 Å². The molecule has 0 aliphatic carbocycles. The zero-order chi connectivity index (χ0) is 12.4. The summed E-state index contributed by atoms with van der Waals surface area (Å²) in [7, 11) is 1.62. The third-order valence-electron chi connectivity index (χ3n) is 3.07. The zero-order valence-corrected chi connectivity index (χ0v) is 10.1. The van der Waals surface area contributed by atoms with Crippen molar-refractivity contribution >= 4 is 11.6 Å². The maximum absolute atomic E-state index is 11.9. The van der Waals surface area contributed by atoms with Crippen LogP contribution in [0.25, 0.3) is 0 Å². The quantitative estimate of drug-likeness (QED) is 0.726. The molecule has 0 N–H and O–H groups in total. The Hall–Kier alpha value is -1.95. The van der Waals surface area contributed by atoms with Crippen LogP contribution < -0.4 is 9.64 Å². The molecule has 0 radical (unpaired) electrons. The number of ether oxygens (including phenoxy) is 1. The van der Waals surface area contributed by atoms with Crippen molar-refractivity contribution in [2.75, 3.05) is 18.6 Å². The molecule has 1 aliphatic rings.